The van der Waals surface area contributed by atoms with Gasteiger partial charge in [-0.3, -0.25) is 9.69 Å². The first kappa shape index (κ1) is 23.3. The van der Waals surface area contributed by atoms with Crippen LogP contribution >= 0.6 is 15.9 Å². The van der Waals surface area contributed by atoms with Crippen molar-refractivity contribution in [2.24, 2.45) is 0 Å². The normalized spacial score (nSPS) is 14.5. The maximum absolute atomic E-state index is 13.4. The van der Waals surface area contributed by atoms with Gasteiger partial charge in [0.2, 0.25) is 5.89 Å². The summed E-state index contributed by atoms with van der Waals surface area (Å²) in [7, 11) is 0. The van der Waals surface area contributed by atoms with E-state index in [1.807, 2.05) is 71.6 Å². The number of nitrogens with zero attached hydrogens (tertiary/aromatic N) is 3. The van der Waals surface area contributed by atoms with Gasteiger partial charge in [0, 0.05) is 48.3 Å². The molecule has 6 heteroatoms. The van der Waals surface area contributed by atoms with Gasteiger partial charge in [-0.05, 0) is 29.8 Å². The Labute approximate surface area is 213 Å². The third kappa shape index (κ3) is 5.61. The van der Waals surface area contributed by atoms with Crippen LogP contribution in [-0.2, 0) is 0 Å². The van der Waals surface area contributed by atoms with Crippen LogP contribution in [0.4, 0.5) is 0 Å². The molecule has 0 saturated carbocycles. The van der Waals surface area contributed by atoms with Gasteiger partial charge in [0.1, 0.15) is 0 Å². The lowest BCUT2D eigenvalue weighted by atomic mass is 10.1. The molecule has 4 aromatic rings. The molecule has 1 aromatic heterocycles. The highest BCUT2D eigenvalue weighted by molar-refractivity contribution is 9.10. The fourth-order valence-corrected chi connectivity index (χ4v) is 4.47. The van der Waals surface area contributed by atoms with Gasteiger partial charge >= 0.3 is 0 Å². The molecule has 0 atom stereocenters. The van der Waals surface area contributed by atoms with E-state index in [-0.39, 0.29) is 5.91 Å². The number of carbonyl (C=O) groups is 1. The molecule has 35 heavy (non-hydrogen) atoms. The zero-order valence-corrected chi connectivity index (χ0v) is 20.9. The average Bonchev–Trinajstić information content (AvgIpc) is 3.40. The fourth-order valence-electron chi connectivity index (χ4n) is 4.21. The number of rotatable bonds is 6. The van der Waals surface area contributed by atoms with Gasteiger partial charge in [-0.15, -0.1) is 0 Å². The largest absolute Gasteiger partial charge is 0.436 e. The Kier molecular flexibility index (Phi) is 7.21. The molecule has 0 radical (unpaired) electrons. The summed E-state index contributed by atoms with van der Waals surface area (Å²) in [5.41, 5.74) is 3.48. The minimum Gasteiger partial charge on any atom is -0.436 e. The van der Waals surface area contributed by atoms with E-state index in [4.69, 9.17) is 4.42 Å². The van der Waals surface area contributed by atoms with Crippen LogP contribution in [0.2, 0.25) is 0 Å². The fraction of sp³-hybridized carbons (Fsp3) is 0.172. The second-order valence-corrected chi connectivity index (χ2v) is 9.40. The Morgan fingerprint density at radius 2 is 1.63 bits per heavy atom. The zero-order chi connectivity index (χ0) is 24.0. The Bertz CT molecular complexity index is 1310. The Morgan fingerprint density at radius 3 is 2.40 bits per heavy atom. The van der Waals surface area contributed by atoms with Crippen molar-refractivity contribution in [3.8, 4) is 22.8 Å². The number of hydrogen-bond acceptors (Lipinski definition) is 4. The molecule has 0 bridgehead atoms. The number of amides is 1. The van der Waals surface area contributed by atoms with E-state index in [1.54, 1.807) is 6.20 Å². The molecule has 1 aliphatic heterocycles. The number of piperazine rings is 1. The highest BCUT2D eigenvalue weighted by atomic mass is 79.9. The van der Waals surface area contributed by atoms with Crippen molar-refractivity contribution in [2.45, 2.75) is 0 Å². The molecule has 1 amide bonds. The number of oxazole rings is 1. The number of carbonyl (C=O) groups excluding carboxylic acids is 1. The average molecular weight is 528 g/mol. The number of aromatic nitrogens is 1. The van der Waals surface area contributed by atoms with Crippen LogP contribution < -0.4 is 0 Å². The quantitative estimate of drug-likeness (QED) is 0.297. The minimum absolute atomic E-state index is 0.0171. The van der Waals surface area contributed by atoms with Gasteiger partial charge in [0.15, 0.2) is 5.76 Å². The molecule has 1 fully saturated rings. The lowest BCUT2D eigenvalue weighted by Gasteiger charge is -2.34. The van der Waals surface area contributed by atoms with E-state index >= 15 is 0 Å². The monoisotopic (exact) mass is 527 g/mol. The topological polar surface area (TPSA) is 49.6 Å². The van der Waals surface area contributed by atoms with E-state index in [1.165, 1.54) is 5.56 Å². The van der Waals surface area contributed by atoms with Gasteiger partial charge in [-0.25, -0.2) is 4.98 Å². The smallest absolute Gasteiger partial charge is 0.254 e. The Balaban J connectivity index is 1.24. The van der Waals surface area contributed by atoms with E-state index in [0.717, 1.165) is 29.7 Å². The van der Waals surface area contributed by atoms with Gasteiger partial charge in [-0.1, -0.05) is 82.7 Å². The van der Waals surface area contributed by atoms with Crippen LogP contribution in [0.25, 0.3) is 28.9 Å². The van der Waals surface area contributed by atoms with E-state index in [2.05, 4.69) is 50.1 Å². The second kappa shape index (κ2) is 10.8. The molecule has 5 rings (SSSR count). The molecular weight excluding hydrogens is 502 g/mol. The molecule has 176 valence electrons. The van der Waals surface area contributed by atoms with Crippen LogP contribution in [0.1, 0.15) is 15.9 Å². The molecule has 0 N–H and O–H groups in total. The van der Waals surface area contributed by atoms with Crippen LogP contribution in [-0.4, -0.2) is 53.4 Å². The van der Waals surface area contributed by atoms with Crippen molar-refractivity contribution in [1.29, 1.82) is 0 Å². The standard InChI is InChI=1S/C29H26BrN3O2/c30-24-14-12-23(13-15-24)27-21-31-28(35-27)25-10-4-5-11-26(25)29(34)33-19-17-32(18-20-33)16-6-9-22-7-2-1-3-8-22/h1-15,21H,16-20H2/b9-6+. The van der Waals surface area contributed by atoms with E-state index in [0.29, 0.717) is 35.9 Å². The van der Waals surface area contributed by atoms with Crippen LogP contribution in [0.15, 0.2) is 100 Å². The summed E-state index contributed by atoms with van der Waals surface area (Å²) in [6, 6.07) is 25.7. The van der Waals surface area contributed by atoms with Gasteiger partial charge in [-0.2, -0.15) is 0 Å². The summed E-state index contributed by atoms with van der Waals surface area (Å²) < 4.78 is 7.06. The molecule has 2 heterocycles. The van der Waals surface area contributed by atoms with Crippen LogP contribution in [0, 0.1) is 0 Å². The van der Waals surface area contributed by atoms with Crippen molar-refractivity contribution < 1.29 is 9.21 Å². The lowest BCUT2D eigenvalue weighted by molar-refractivity contribution is 0.0651. The molecule has 0 spiro atoms. The first-order chi connectivity index (χ1) is 17.2. The molecule has 3 aromatic carbocycles. The summed E-state index contributed by atoms with van der Waals surface area (Å²) >= 11 is 3.45. The SMILES string of the molecule is O=C(c1ccccc1-c1ncc(-c2ccc(Br)cc2)o1)N1CCN(C/C=C/c2ccccc2)CC1. The summed E-state index contributed by atoms with van der Waals surface area (Å²) in [6.45, 7) is 3.96. The maximum Gasteiger partial charge on any atom is 0.254 e. The Morgan fingerprint density at radius 1 is 0.914 bits per heavy atom. The molecule has 1 aliphatic rings. The predicted molar refractivity (Wildman–Crippen MR) is 143 cm³/mol. The number of hydrogen-bond donors (Lipinski definition) is 0. The third-order valence-electron chi connectivity index (χ3n) is 6.16. The third-order valence-corrected chi connectivity index (χ3v) is 6.68. The van der Waals surface area contributed by atoms with E-state index < -0.39 is 0 Å². The molecule has 0 aliphatic carbocycles. The van der Waals surface area contributed by atoms with Crippen molar-refractivity contribution in [1.82, 2.24) is 14.8 Å². The first-order valence-electron chi connectivity index (χ1n) is 11.7. The summed E-state index contributed by atoms with van der Waals surface area (Å²) in [5.74, 6) is 1.15. The van der Waals surface area contributed by atoms with Crippen LogP contribution in [0.5, 0.6) is 0 Å². The van der Waals surface area contributed by atoms with Gasteiger partial charge < -0.3 is 9.32 Å². The zero-order valence-electron chi connectivity index (χ0n) is 19.3. The molecule has 5 nitrogen and oxygen atoms in total. The van der Waals surface area contributed by atoms with Crippen molar-refractivity contribution >= 4 is 27.9 Å². The molecule has 1 saturated heterocycles. The summed E-state index contributed by atoms with van der Waals surface area (Å²) in [5, 5.41) is 0. The predicted octanol–water partition coefficient (Wildman–Crippen LogP) is 6.24. The van der Waals surface area contributed by atoms with Crippen molar-refractivity contribution in [3.05, 3.63) is 107 Å². The minimum atomic E-state index is 0.0171. The number of halogens is 1. The molecule has 0 unspecified atom stereocenters. The number of benzene rings is 3. The van der Waals surface area contributed by atoms with Crippen molar-refractivity contribution in [3.63, 3.8) is 0 Å². The summed E-state index contributed by atoms with van der Waals surface area (Å²) in [4.78, 5) is 22.2. The van der Waals surface area contributed by atoms with Crippen molar-refractivity contribution in [2.75, 3.05) is 32.7 Å². The van der Waals surface area contributed by atoms with E-state index in [9.17, 15) is 4.79 Å². The van der Waals surface area contributed by atoms with Gasteiger partial charge in [0.25, 0.3) is 5.91 Å². The van der Waals surface area contributed by atoms with Gasteiger partial charge in [0.05, 0.1) is 11.8 Å². The molecular formula is C29H26BrN3O2. The maximum atomic E-state index is 13.4. The first-order valence-corrected chi connectivity index (χ1v) is 12.5. The second-order valence-electron chi connectivity index (χ2n) is 8.49. The highest BCUT2D eigenvalue weighted by Crippen LogP contribution is 2.29. The Hall–Kier alpha value is -3.48. The summed E-state index contributed by atoms with van der Waals surface area (Å²) in [6.07, 6.45) is 6.04. The van der Waals surface area contributed by atoms with Crippen LogP contribution in [0.3, 0.4) is 0 Å². The lowest BCUT2D eigenvalue weighted by Crippen LogP contribution is -2.48. The highest BCUT2D eigenvalue weighted by Gasteiger charge is 2.25.